The first-order valence-electron chi connectivity index (χ1n) is 7.13. The van der Waals surface area contributed by atoms with Crippen LogP contribution < -0.4 is 5.32 Å². The molecule has 18 heavy (non-hydrogen) atoms. The highest BCUT2D eigenvalue weighted by Crippen LogP contribution is 2.20. The van der Waals surface area contributed by atoms with Crippen molar-refractivity contribution in [2.45, 2.75) is 51.7 Å². The highest BCUT2D eigenvalue weighted by Gasteiger charge is 2.14. The Morgan fingerprint density at radius 3 is 2.89 bits per heavy atom. The lowest BCUT2D eigenvalue weighted by Crippen LogP contribution is -2.22. The maximum atomic E-state index is 5.81. The second kappa shape index (κ2) is 6.90. The van der Waals surface area contributed by atoms with Gasteiger partial charge in [-0.25, -0.2) is 0 Å². The Morgan fingerprint density at radius 2 is 2.22 bits per heavy atom. The number of nitrogens with one attached hydrogen (secondary N) is 1. The first-order valence-corrected chi connectivity index (χ1v) is 7.13. The van der Waals surface area contributed by atoms with E-state index in [2.05, 4.69) is 23.4 Å². The van der Waals surface area contributed by atoms with Crippen molar-refractivity contribution in [2.24, 2.45) is 7.05 Å². The van der Waals surface area contributed by atoms with Crippen molar-refractivity contribution in [3.63, 3.8) is 0 Å². The number of aryl methyl sites for hydroxylation is 2. The summed E-state index contributed by atoms with van der Waals surface area (Å²) in [4.78, 5) is 0. The first-order chi connectivity index (χ1) is 8.79. The molecule has 1 aliphatic carbocycles. The summed E-state index contributed by atoms with van der Waals surface area (Å²) in [6, 6.07) is 2.17. The number of nitrogens with zero attached hydrogens (tertiary/aromatic N) is 2. The van der Waals surface area contributed by atoms with E-state index in [1.807, 2.05) is 11.7 Å². The van der Waals surface area contributed by atoms with Crippen LogP contribution in [-0.2, 0) is 24.8 Å². The topological polar surface area (TPSA) is 39.1 Å². The number of rotatable bonds is 7. The molecule has 1 heterocycles. The predicted octanol–water partition coefficient (Wildman–Crippen LogP) is 2.03. The Kier molecular flexibility index (Phi) is 5.20. The fraction of sp³-hybridized carbons (Fsp3) is 0.786. The van der Waals surface area contributed by atoms with Crippen LogP contribution in [0.5, 0.6) is 0 Å². The molecule has 4 nitrogen and oxygen atoms in total. The minimum Gasteiger partial charge on any atom is -0.377 e. The Balaban J connectivity index is 1.60. The van der Waals surface area contributed by atoms with Gasteiger partial charge in [-0.15, -0.1) is 0 Å². The smallest absolute Gasteiger partial charge is 0.0625 e. The molecule has 102 valence electrons. The van der Waals surface area contributed by atoms with Crippen LogP contribution in [-0.4, -0.2) is 29.0 Å². The van der Waals surface area contributed by atoms with Crippen molar-refractivity contribution in [1.29, 1.82) is 0 Å². The summed E-state index contributed by atoms with van der Waals surface area (Å²) >= 11 is 0. The standard InChI is InChI=1S/C14H25N3O/c1-3-12-10-13(17(2)16-12)11-15-8-9-18-14-6-4-5-7-14/h10,14-15H,3-9,11H2,1-2H3. The molecule has 0 aromatic carbocycles. The zero-order valence-electron chi connectivity index (χ0n) is 11.6. The highest BCUT2D eigenvalue weighted by molar-refractivity contribution is 5.09. The molecule has 0 atom stereocenters. The molecule has 4 heteroatoms. The van der Waals surface area contributed by atoms with Gasteiger partial charge in [-0.3, -0.25) is 4.68 Å². The molecule has 2 rings (SSSR count). The zero-order chi connectivity index (χ0) is 12.8. The molecular weight excluding hydrogens is 226 g/mol. The second-order valence-electron chi connectivity index (χ2n) is 5.06. The van der Waals surface area contributed by atoms with Gasteiger partial charge in [0.15, 0.2) is 0 Å². The van der Waals surface area contributed by atoms with Gasteiger partial charge in [-0.05, 0) is 25.3 Å². The van der Waals surface area contributed by atoms with E-state index in [0.717, 1.165) is 31.8 Å². The maximum absolute atomic E-state index is 5.81. The number of hydrogen-bond donors (Lipinski definition) is 1. The Bertz CT molecular complexity index is 356. The SMILES string of the molecule is CCc1cc(CNCCOC2CCCC2)n(C)n1. The molecule has 0 unspecified atom stereocenters. The van der Waals surface area contributed by atoms with E-state index in [0.29, 0.717) is 6.10 Å². The van der Waals surface area contributed by atoms with Crippen LogP contribution in [0.2, 0.25) is 0 Å². The summed E-state index contributed by atoms with van der Waals surface area (Å²) < 4.78 is 7.77. The summed E-state index contributed by atoms with van der Waals surface area (Å²) in [5.41, 5.74) is 2.41. The third kappa shape index (κ3) is 3.82. The average molecular weight is 251 g/mol. The van der Waals surface area contributed by atoms with Gasteiger partial charge in [0.1, 0.15) is 0 Å². The molecule has 1 aromatic heterocycles. The molecule has 1 aliphatic rings. The quantitative estimate of drug-likeness (QED) is 0.754. The number of ether oxygens (including phenoxy) is 1. The first kappa shape index (κ1) is 13.6. The van der Waals surface area contributed by atoms with Gasteiger partial charge in [0.2, 0.25) is 0 Å². The van der Waals surface area contributed by atoms with Crippen LogP contribution >= 0.6 is 0 Å². The fourth-order valence-corrected chi connectivity index (χ4v) is 2.48. The van der Waals surface area contributed by atoms with E-state index >= 15 is 0 Å². The minimum atomic E-state index is 0.523. The summed E-state index contributed by atoms with van der Waals surface area (Å²) in [6.07, 6.45) is 6.71. The highest BCUT2D eigenvalue weighted by atomic mass is 16.5. The number of hydrogen-bond acceptors (Lipinski definition) is 3. The molecule has 0 saturated heterocycles. The average Bonchev–Trinajstić information content (AvgIpc) is 2.99. The molecule has 1 fully saturated rings. The monoisotopic (exact) mass is 251 g/mol. The molecule has 0 aliphatic heterocycles. The summed E-state index contributed by atoms with van der Waals surface area (Å²) in [7, 11) is 2.01. The lowest BCUT2D eigenvalue weighted by Gasteiger charge is -2.11. The third-order valence-electron chi connectivity index (χ3n) is 3.63. The van der Waals surface area contributed by atoms with Crippen molar-refractivity contribution in [1.82, 2.24) is 15.1 Å². The molecule has 1 N–H and O–H groups in total. The molecule has 0 amide bonds. The summed E-state index contributed by atoms with van der Waals surface area (Å²) in [5, 5.41) is 7.85. The largest absolute Gasteiger partial charge is 0.377 e. The van der Waals surface area contributed by atoms with Crippen molar-refractivity contribution in [3.05, 3.63) is 17.5 Å². The molecular formula is C14H25N3O. The van der Waals surface area contributed by atoms with E-state index < -0.39 is 0 Å². The fourth-order valence-electron chi connectivity index (χ4n) is 2.48. The van der Waals surface area contributed by atoms with Crippen molar-refractivity contribution >= 4 is 0 Å². The van der Waals surface area contributed by atoms with Crippen molar-refractivity contribution in [3.8, 4) is 0 Å². The van der Waals surface area contributed by atoms with Gasteiger partial charge in [0.05, 0.1) is 24.1 Å². The Morgan fingerprint density at radius 1 is 1.44 bits per heavy atom. The van der Waals surface area contributed by atoms with E-state index in [1.165, 1.54) is 31.4 Å². The molecule has 0 radical (unpaired) electrons. The Hall–Kier alpha value is -0.870. The second-order valence-corrected chi connectivity index (χ2v) is 5.06. The van der Waals surface area contributed by atoms with Crippen molar-refractivity contribution in [2.75, 3.05) is 13.2 Å². The van der Waals surface area contributed by atoms with Crippen LogP contribution in [0.1, 0.15) is 44.0 Å². The molecule has 0 bridgehead atoms. The van der Waals surface area contributed by atoms with Gasteiger partial charge in [-0.1, -0.05) is 19.8 Å². The van der Waals surface area contributed by atoms with Gasteiger partial charge in [0.25, 0.3) is 0 Å². The van der Waals surface area contributed by atoms with Crippen LogP contribution in [0.4, 0.5) is 0 Å². The van der Waals surface area contributed by atoms with E-state index in [4.69, 9.17) is 4.74 Å². The van der Waals surface area contributed by atoms with Crippen LogP contribution in [0.15, 0.2) is 6.07 Å². The lowest BCUT2D eigenvalue weighted by molar-refractivity contribution is 0.0602. The van der Waals surface area contributed by atoms with Crippen molar-refractivity contribution < 1.29 is 4.74 Å². The predicted molar refractivity (Wildman–Crippen MR) is 72.5 cm³/mol. The minimum absolute atomic E-state index is 0.523. The molecule has 0 spiro atoms. The van der Waals surface area contributed by atoms with Crippen LogP contribution in [0.25, 0.3) is 0 Å². The summed E-state index contributed by atoms with van der Waals surface area (Å²) in [5.74, 6) is 0. The zero-order valence-corrected chi connectivity index (χ0v) is 11.6. The van der Waals surface area contributed by atoms with E-state index in [-0.39, 0.29) is 0 Å². The van der Waals surface area contributed by atoms with Gasteiger partial charge < -0.3 is 10.1 Å². The molecule has 1 aromatic rings. The van der Waals surface area contributed by atoms with Gasteiger partial charge in [-0.2, -0.15) is 5.10 Å². The van der Waals surface area contributed by atoms with E-state index in [1.54, 1.807) is 0 Å². The van der Waals surface area contributed by atoms with Gasteiger partial charge in [0, 0.05) is 20.1 Å². The maximum Gasteiger partial charge on any atom is 0.0625 e. The summed E-state index contributed by atoms with van der Waals surface area (Å²) in [6.45, 7) is 4.75. The molecule has 1 saturated carbocycles. The van der Waals surface area contributed by atoms with Crippen LogP contribution in [0, 0.1) is 0 Å². The van der Waals surface area contributed by atoms with Gasteiger partial charge >= 0.3 is 0 Å². The third-order valence-corrected chi connectivity index (χ3v) is 3.63. The normalized spacial score (nSPS) is 16.6. The Labute approximate surface area is 110 Å². The van der Waals surface area contributed by atoms with E-state index in [9.17, 15) is 0 Å². The lowest BCUT2D eigenvalue weighted by atomic mass is 10.3. The van der Waals surface area contributed by atoms with Crippen LogP contribution in [0.3, 0.4) is 0 Å². The number of aromatic nitrogens is 2.